The van der Waals surface area contributed by atoms with Crippen LogP contribution in [0.3, 0.4) is 0 Å². The summed E-state index contributed by atoms with van der Waals surface area (Å²) >= 11 is 0. The summed E-state index contributed by atoms with van der Waals surface area (Å²) in [6, 6.07) is 4.73. The highest BCUT2D eigenvalue weighted by Crippen LogP contribution is 2.33. The lowest BCUT2D eigenvalue weighted by Crippen LogP contribution is -2.30. The van der Waals surface area contributed by atoms with Crippen molar-refractivity contribution >= 4 is 11.6 Å². The molecule has 2 N–H and O–H groups in total. The summed E-state index contributed by atoms with van der Waals surface area (Å²) in [6.45, 7) is 2.29. The molecule has 0 aliphatic heterocycles. The molecule has 1 aromatic carbocycles. The Hall–Kier alpha value is -2.23. The molecule has 7 heteroatoms. The maximum atomic E-state index is 12.7. The number of nitrogens with one attached hydrogen (secondary N) is 2. The number of carbonyl (C=O) groups is 1. The number of hydrogen-bond donors (Lipinski definition) is 2. The van der Waals surface area contributed by atoms with Crippen LogP contribution in [0.2, 0.25) is 0 Å². The fourth-order valence-corrected chi connectivity index (χ4v) is 1.50. The molecule has 0 saturated carbocycles. The van der Waals surface area contributed by atoms with Crippen LogP contribution in [0.4, 0.5) is 18.9 Å². The van der Waals surface area contributed by atoms with Crippen LogP contribution in [-0.2, 0) is 11.0 Å². The van der Waals surface area contributed by atoms with E-state index >= 15 is 0 Å². The first-order valence-corrected chi connectivity index (χ1v) is 6.00. The second-order valence-electron chi connectivity index (χ2n) is 4.07. The zero-order valence-corrected chi connectivity index (χ0v) is 10.8. The Labute approximate surface area is 114 Å². The van der Waals surface area contributed by atoms with Crippen LogP contribution in [0.25, 0.3) is 0 Å². The number of alkyl halides is 3. The van der Waals surface area contributed by atoms with Crippen molar-refractivity contribution in [1.82, 2.24) is 5.32 Å². The number of carbonyl (C=O) groups excluding carboxylic acids is 1. The Kier molecular flexibility index (Phi) is 5.38. The number of anilines is 1. The summed E-state index contributed by atoms with van der Waals surface area (Å²) in [7, 11) is 0. The Morgan fingerprint density at radius 3 is 2.65 bits per heavy atom. The van der Waals surface area contributed by atoms with Crippen LogP contribution >= 0.6 is 0 Å². The highest BCUT2D eigenvalue weighted by atomic mass is 19.4. The van der Waals surface area contributed by atoms with Gasteiger partial charge in [0.2, 0.25) is 5.91 Å². The van der Waals surface area contributed by atoms with Gasteiger partial charge in [0, 0.05) is 12.2 Å². The molecular weight excluding hydrogens is 271 g/mol. The molecular formula is C13H14F3N3O. The van der Waals surface area contributed by atoms with Gasteiger partial charge in [-0.2, -0.15) is 18.4 Å². The Morgan fingerprint density at radius 1 is 1.40 bits per heavy atom. The first-order valence-electron chi connectivity index (χ1n) is 6.00. The first-order chi connectivity index (χ1) is 9.38. The summed E-state index contributed by atoms with van der Waals surface area (Å²) in [5.41, 5.74) is -1.32. The number of amides is 1. The lowest BCUT2D eigenvalue weighted by atomic mass is 10.1. The third-order valence-corrected chi connectivity index (χ3v) is 2.47. The number of hydrogen-bond acceptors (Lipinski definition) is 3. The largest absolute Gasteiger partial charge is 0.417 e. The number of nitriles is 1. The van der Waals surface area contributed by atoms with Crippen LogP contribution in [0.1, 0.15) is 24.5 Å². The van der Waals surface area contributed by atoms with Crippen molar-refractivity contribution in [3.8, 4) is 6.07 Å². The molecule has 0 aromatic heterocycles. The quantitative estimate of drug-likeness (QED) is 0.873. The minimum atomic E-state index is -4.60. The smallest absolute Gasteiger partial charge is 0.376 e. The molecule has 0 spiro atoms. The van der Waals surface area contributed by atoms with E-state index in [0.29, 0.717) is 6.54 Å². The standard InChI is InChI=1S/C13H14F3N3O/c1-2-5-18-12(20)8-19-10-4-3-9(7-17)11(6-10)13(14,15)16/h3-4,6,19H,2,5,8H2,1H3,(H,18,20). The SMILES string of the molecule is CCCNC(=O)CNc1ccc(C#N)c(C(F)(F)F)c1. The number of nitrogens with zero attached hydrogens (tertiary/aromatic N) is 1. The second-order valence-corrected chi connectivity index (χ2v) is 4.07. The van der Waals surface area contributed by atoms with E-state index in [1.807, 2.05) is 6.92 Å². The number of benzene rings is 1. The fraction of sp³-hybridized carbons (Fsp3) is 0.385. The van der Waals surface area contributed by atoms with Crippen molar-refractivity contribution in [3.05, 3.63) is 29.3 Å². The van der Waals surface area contributed by atoms with Crippen LogP contribution in [0.5, 0.6) is 0 Å². The third-order valence-electron chi connectivity index (χ3n) is 2.47. The summed E-state index contributed by atoms with van der Waals surface area (Å²) in [6.07, 6.45) is -3.83. The highest BCUT2D eigenvalue weighted by molar-refractivity contribution is 5.80. The van der Waals surface area contributed by atoms with Crippen molar-refractivity contribution in [1.29, 1.82) is 5.26 Å². The summed E-state index contributed by atoms with van der Waals surface area (Å²) in [5, 5.41) is 13.8. The van der Waals surface area contributed by atoms with Gasteiger partial charge in [-0.25, -0.2) is 0 Å². The van der Waals surface area contributed by atoms with Crippen LogP contribution in [0, 0.1) is 11.3 Å². The average molecular weight is 285 g/mol. The van der Waals surface area contributed by atoms with Gasteiger partial charge in [0.25, 0.3) is 0 Å². The van der Waals surface area contributed by atoms with Gasteiger partial charge in [0.15, 0.2) is 0 Å². The molecule has 0 fully saturated rings. The first kappa shape index (κ1) is 15.8. The predicted molar refractivity (Wildman–Crippen MR) is 67.9 cm³/mol. The van der Waals surface area contributed by atoms with E-state index in [2.05, 4.69) is 10.6 Å². The van der Waals surface area contributed by atoms with Gasteiger partial charge in [-0.1, -0.05) is 6.92 Å². The van der Waals surface area contributed by atoms with Crippen molar-refractivity contribution in [2.45, 2.75) is 19.5 Å². The van der Waals surface area contributed by atoms with E-state index < -0.39 is 17.3 Å². The Bertz CT molecular complexity index is 521. The zero-order chi connectivity index (χ0) is 15.2. The minimum Gasteiger partial charge on any atom is -0.376 e. The molecule has 0 aliphatic rings. The number of rotatable bonds is 5. The van der Waals surface area contributed by atoms with Gasteiger partial charge in [0.05, 0.1) is 23.7 Å². The van der Waals surface area contributed by atoms with E-state index in [1.165, 1.54) is 12.1 Å². The summed E-state index contributed by atoms with van der Waals surface area (Å²) in [5.74, 6) is -0.301. The molecule has 1 amide bonds. The molecule has 108 valence electrons. The van der Waals surface area contributed by atoms with Gasteiger partial charge in [-0.3, -0.25) is 4.79 Å². The monoisotopic (exact) mass is 285 g/mol. The summed E-state index contributed by atoms with van der Waals surface area (Å²) < 4.78 is 38.2. The van der Waals surface area contributed by atoms with Crippen molar-refractivity contribution in [2.75, 3.05) is 18.4 Å². The predicted octanol–water partition coefficient (Wildman–Crippen LogP) is 2.52. The maximum Gasteiger partial charge on any atom is 0.417 e. The molecule has 4 nitrogen and oxygen atoms in total. The van der Waals surface area contributed by atoms with Gasteiger partial charge < -0.3 is 10.6 Å². The molecule has 0 atom stereocenters. The fourth-order valence-electron chi connectivity index (χ4n) is 1.50. The lowest BCUT2D eigenvalue weighted by molar-refractivity contribution is -0.137. The van der Waals surface area contributed by atoms with Crippen molar-refractivity contribution < 1.29 is 18.0 Å². The second kappa shape index (κ2) is 6.80. The molecule has 0 aliphatic carbocycles. The van der Waals surface area contributed by atoms with Gasteiger partial charge >= 0.3 is 6.18 Å². The van der Waals surface area contributed by atoms with Crippen LogP contribution in [-0.4, -0.2) is 19.0 Å². The zero-order valence-electron chi connectivity index (χ0n) is 10.8. The van der Waals surface area contributed by atoms with Crippen molar-refractivity contribution in [2.24, 2.45) is 0 Å². The third kappa shape index (κ3) is 4.46. The molecule has 20 heavy (non-hydrogen) atoms. The van der Waals surface area contributed by atoms with Gasteiger partial charge in [-0.05, 0) is 24.6 Å². The van der Waals surface area contributed by atoms with Gasteiger partial charge in [-0.15, -0.1) is 0 Å². The Morgan fingerprint density at radius 2 is 2.10 bits per heavy atom. The van der Waals surface area contributed by atoms with E-state index in [0.717, 1.165) is 18.6 Å². The van der Waals surface area contributed by atoms with E-state index in [4.69, 9.17) is 5.26 Å². The normalized spacial score (nSPS) is 10.8. The Balaban J connectivity index is 2.78. The van der Waals surface area contributed by atoms with E-state index in [9.17, 15) is 18.0 Å². The molecule has 0 heterocycles. The molecule has 1 rings (SSSR count). The summed E-state index contributed by atoms with van der Waals surface area (Å²) in [4.78, 5) is 11.3. The minimum absolute atomic E-state index is 0.122. The molecule has 0 saturated heterocycles. The lowest BCUT2D eigenvalue weighted by Gasteiger charge is -2.12. The molecule has 0 radical (unpaired) electrons. The van der Waals surface area contributed by atoms with Crippen LogP contribution in [0.15, 0.2) is 18.2 Å². The topological polar surface area (TPSA) is 64.9 Å². The average Bonchev–Trinajstić information content (AvgIpc) is 2.41. The van der Waals surface area contributed by atoms with E-state index in [-0.39, 0.29) is 18.1 Å². The highest BCUT2D eigenvalue weighted by Gasteiger charge is 2.33. The van der Waals surface area contributed by atoms with E-state index in [1.54, 1.807) is 0 Å². The van der Waals surface area contributed by atoms with Crippen molar-refractivity contribution in [3.63, 3.8) is 0 Å². The van der Waals surface area contributed by atoms with Crippen LogP contribution < -0.4 is 10.6 Å². The molecule has 0 bridgehead atoms. The number of halogens is 3. The maximum absolute atomic E-state index is 12.7. The van der Waals surface area contributed by atoms with Gasteiger partial charge in [0.1, 0.15) is 0 Å². The molecule has 0 unspecified atom stereocenters. The molecule has 1 aromatic rings.